The summed E-state index contributed by atoms with van der Waals surface area (Å²) in [4.78, 5) is 22.4. The summed E-state index contributed by atoms with van der Waals surface area (Å²) >= 11 is 0. The minimum absolute atomic E-state index is 0.0388. The second kappa shape index (κ2) is 7.22. The maximum Gasteiger partial charge on any atom is 0.242 e. The number of nitrogens with one attached hydrogen (secondary N) is 2. The quantitative estimate of drug-likeness (QED) is 0.534. The molecule has 1 unspecified atom stereocenters. The zero-order valence-corrected chi connectivity index (χ0v) is 9.50. The zero-order chi connectivity index (χ0) is 11.8. The molecule has 2 amide bonds. The van der Waals surface area contributed by atoms with Crippen molar-refractivity contribution in [2.24, 2.45) is 0 Å². The van der Waals surface area contributed by atoms with Crippen LogP contribution in [0.25, 0.3) is 0 Å². The fourth-order valence-electron chi connectivity index (χ4n) is 1.74. The van der Waals surface area contributed by atoms with Gasteiger partial charge >= 0.3 is 0 Å². The first-order chi connectivity index (χ1) is 7.74. The number of hydrogen-bond acceptors (Lipinski definition) is 3. The van der Waals surface area contributed by atoms with E-state index in [0.717, 1.165) is 25.7 Å². The van der Waals surface area contributed by atoms with Crippen LogP contribution >= 0.6 is 0 Å². The number of amides is 2. The fourth-order valence-corrected chi connectivity index (χ4v) is 1.74. The molecule has 5 nitrogen and oxygen atoms in total. The van der Waals surface area contributed by atoms with Crippen LogP contribution in [0.15, 0.2) is 0 Å². The van der Waals surface area contributed by atoms with Crippen molar-refractivity contribution in [3.63, 3.8) is 0 Å². The third-order valence-electron chi connectivity index (χ3n) is 2.70. The van der Waals surface area contributed by atoms with E-state index in [9.17, 15) is 9.59 Å². The Morgan fingerprint density at radius 1 is 1.38 bits per heavy atom. The van der Waals surface area contributed by atoms with Crippen LogP contribution in [-0.4, -0.2) is 36.1 Å². The molecule has 0 aromatic rings. The largest absolute Gasteiger partial charge is 0.396 e. The van der Waals surface area contributed by atoms with Crippen LogP contribution in [0.4, 0.5) is 0 Å². The average molecular weight is 228 g/mol. The maximum absolute atomic E-state index is 11.5. The number of carbonyl (C=O) groups excluding carboxylic acids is 2. The molecule has 1 atom stereocenters. The Hall–Kier alpha value is -1.10. The van der Waals surface area contributed by atoms with Gasteiger partial charge in [-0.2, -0.15) is 0 Å². The van der Waals surface area contributed by atoms with Gasteiger partial charge in [0.1, 0.15) is 6.04 Å². The highest BCUT2D eigenvalue weighted by Gasteiger charge is 2.26. The van der Waals surface area contributed by atoms with E-state index in [1.165, 1.54) is 0 Å². The Labute approximate surface area is 95.6 Å². The molecule has 1 fully saturated rings. The standard InChI is InChI=1S/C11H20N2O3/c14-8-4-2-1-3-7-12-11(16)9-5-6-10(15)13-9/h9,14H,1-8H2,(H,12,16)(H,13,15). The van der Waals surface area contributed by atoms with Gasteiger partial charge in [-0.05, 0) is 19.3 Å². The highest BCUT2D eigenvalue weighted by Crippen LogP contribution is 2.06. The Morgan fingerprint density at radius 3 is 2.75 bits per heavy atom. The maximum atomic E-state index is 11.5. The molecular weight excluding hydrogens is 208 g/mol. The molecule has 16 heavy (non-hydrogen) atoms. The predicted octanol–water partition coefficient (Wildman–Crippen LogP) is -0.0661. The number of hydrogen-bond donors (Lipinski definition) is 3. The molecule has 0 radical (unpaired) electrons. The third-order valence-corrected chi connectivity index (χ3v) is 2.70. The first-order valence-electron chi connectivity index (χ1n) is 5.92. The smallest absolute Gasteiger partial charge is 0.242 e. The van der Waals surface area contributed by atoms with Crippen molar-refractivity contribution in [2.45, 2.75) is 44.6 Å². The summed E-state index contributed by atoms with van der Waals surface area (Å²) in [5.74, 6) is -0.115. The highest BCUT2D eigenvalue weighted by molar-refractivity contribution is 5.90. The fraction of sp³-hybridized carbons (Fsp3) is 0.818. The van der Waals surface area contributed by atoms with Gasteiger partial charge in [-0.1, -0.05) is 12.8 Å². The Morgan fingerprint density at radius 2 is 2.12 bits per heavy atom. The van der Waals surface area contributed by atoms with Crippen molar-refractivity contribution in [1.82, 2.24) is 10.6 Å². The Kier molecular flexibility index (Phi) is 5.85. The van der Waals surface area contributed by atoms with Gasteiger partial charge in [0, 0.05) is 19.6 Å². The third kappa shape index (κ3) is 4.61. The average Bonchev–Trinajstić information content (AvgIpc) is 2.70. The number of rotatable bonds is 7. The van der Waals surface area contributed by atoms with E-state index in [1.807, 2.05) is 0 Å². The van der Waals surface area contributed by atoms with Crippen LogP contribution in [0.2, 0.25) is 0 Å². The van der Waals surface area contributed by atoms with Crippen LogP contribution in [0.5, 0.6) is 0 Å². The molecular formula is C11H20N2O3. The molecule has 0 bridgehead atoms. The van der Waals surface area contributed by atoms with Crippen molar-refractivity contribution in [3.8, 4) is 0 Å². The van der Waals surface area contributed by atoms with Gasteiger partial charge in [0.25, 0.3) is 0 Å². The molecule has 1 saturated heterocycles. The minimum Gasteiger partial charge on any atom is -0.396 e. The van der Waals surface area contributed by atoms with Gasteiger partial charge in [-0.15, -0.1) is 0 Å². The molecule has 0 aromatic carbocycles. The van der Waals surface area contributed by atoms with Gasteiger partial charge < -0.3 is 15.7 Å². The predicted molar refractivity (Wildman–Crippen MR) is 59.7 cm³/mol. The summed E-state index contributed by atoms with van der Waals surface area (Å²) in [5, 5.41) is 14.0. The summed E-state index contributed by atoms with van der Waals surface area (Å²) in [5.41, 5.74) is 0. The van der Waals surface area contributed by atoms with Crippen molar-refractivity contribution in [3.05, 3.63) is 0 Å². The van der Waals surface area contributed by atoms with E-state index in [4.69, 9.17) is 5.11 Å². The van der Waals surface area contributed by atoms with E-state index in [2.05, 4.69) is 10.6 Å². The van der Waals surface area contributed by atoms with E-state index in [1.54, 1.807) is 0 Å². The van der Waals surface area contributed by atoms with E-state index in [0.29, 0.717) is 19.4 Å². The van der Waals surface area contributed by atoms with Gasteiger partial charge in [-0.25, -0.2) is 0 Å². The first kappa shape index (κ1) is 13.0. The summed E-state index contributed by atoms with van der Waals surface area (Å²) < 4.78 is 0. The SMILES string of the molecule is O=C1CCC(C(=O)NCCCCCCO)N1. The molecule has 1 aliphatic heterocycles. The molecule has 3 N–H and O–H groups in total. The van der Waals surface area contributed by atoms with E-state index in [-0.39, 0.29) is 24.5 Å². The van der Waals surface area contributed by atoms with Crippen molar-refractivity contribution < 1.29 is 14.7 Å². The molecule has 0 aliphatic carbocycles. The molecule has 0 spiro atoms. The Balaban J connectivity index is 2.00. The summed E-state index contributed by atoms with van der Waals surface area (Å²) in [7, 11) is 0. The monoisotopic (exact) mass is 228 g/mol. The number of aliphatic hydroxyl groups is 1. The summed E-state index contributed by atoms with van der Waals surface area (Å²) in [6.07, 6.45) is 4.81. The van der Waals surface area contributed by atoms with E-state index < -0.39 is 0 Å². The molecule has 1 aliphatic rings. The van der Waals surface area contributed by atoms with E-state index >= 15 is 0 Å². The Bertz CT molecular complexity index is 243. The normalized spacial score (nSPS) is 19.6. The molecule has 0 saturated carbocycles. The van der Waals surface area contributed by atoms with Crippen LogP contribution in [-0.2, 0) is 9.59 Å². The second-order valence-corrected chi connectivity index (χ2v) is 4.09. The lowest BCUT2D eigenvalue weighted by Crippen LogP contribution is -2.41. The van der Waals surface area contributed by atoms with Gasteiger partial charge in [0.15, 0.2) is 0 Å². The van der Waals surface area contributed by atoms with Gasteiger partial charge in [-0.3, -0.25) is 9.59 Å². The van der Waals surface area contributed by atoms with Crippen LogP contribution in [0.3, 0.4) is 0 Å². The van der Waals surface area contributed by atoms with Crippen molar-refractivity contribution in [1.29, 1.82) is 0 Å². The number of unbranched alkanes of at least 4 members (excludes halogenated alkanes) is 3. The summed E-state index contributed by atoms with van der Waals surface area (Å²) in [6.45, 7) is 0.886. The first-order valence-corrected chi connectivity index (χ1v) is 5.92. The van der Waals surface area contributed by atoms with Crippen LogP contribution in [0.1, 0.15) is 38.5 Å². The van der Waals surface area contributed by atoms with Gasteiger partial charge in [0.2, 0.25) is 11.8 Å². The van der Waals surface area contributed by atoms with Crippen LogP contribution in [0, 0.1) is 0 Å². The van der Waals surface area contributed by atoms with Gasteiger partial charge in [0.05, 0.1) is 0 Å². The topological polar surface area (TPSA) is 78.4 Å². The molecule has 1 rings (SSSR count). The lowest BCUT2D eigenvalue weighted by atomic mass is 10.2. The lowest BCUT2D eigenvalue weighted by molar-refractivity contribution is -0.125. The lowest BCUT2D eigenvalue weighted by Gasteiger charge is -2.10. The minimum atomic E-state index is -0.329. The van der Waals surface area contributed by atoms with Crippen molar-refractivity contribution >= 4 is 11.8 Å². The molecule has 1 heterocycles. The zero-order valence-electron chi connectivity index (χ0n) is 9.50. The van der Waals surface area contributed by atoms with Crippen LogP contribution < -0.4 is 10.6 Å². The molecule has 0 aromatic heterocycles. The number of carbonyl (C=O) groups is 2. The molecule has 92 valence electrons. The highest BCUT2D eigenvalue weighted by atomic mass is 16.3. The van der Waals surface area contributed by atoms with Crippen molar-refractivity contribution in [2.75, 3.05) is 13.2 Å². The number of aliphatic hydroxyl groups excluding tert-OH is 1. The second-order valence-electron chi connectivity index (χ2n) is 4.09. The summed E-state index contributed by atoms with van der Waals surface area (Å²) in [6, 6.07) is -0.329. The molecule has 5 heteroatoms.